The fourth-order valence-electron chi connectivity index (χ4n) is 2.73. The number of nitrogens with zero attached hydrogens (tertiary/aromatic N) is 2. The van der Waals surface area contributed by atoms with Crippen molar-refractivity contribution in [3.63, 3.8) is 0 Å². The zero-order valence-corrected chi connectivity index (χ0v) is 14.7. The second-order valence-corrected chi connectivity index (χ2v) is 6.20. The van der Waals surface area contributed by atoms with Crippen LogP contribution in [0.25, 0.3) is 5.57 Å². The maximum absolute atomic E-state index is 13.5. The molecule has 0 radical (unpaired) electrons. The first-order valence-corrected chi connectivity index (χ1v) is 8.00. The second kappa shape index (κ2) is 7.02. The van der Waals surface area contributed by atoms with Crippen molar-refractivity contribution in [2.75, 3.05) is 7.11 Å². The Morgan fingerprint density at radius 2 is 1.87 bits per heavy atom. The Bertz CT molecular complexity index is 942. The summed E-state index contributed by atoms with van der Waals surface area (Å²) >= 11 is 0. The van der Waals surface area contributed by atoms with E-state index in [9.17, 15) is 39.9 Å². The number of carbonyl (C=O) groups excluding carboxylic acids is 1. The van der Waals surface area contributed by atoms with Gasteiger partial charge < -0.3 is 14.6 Å². The Hall–Kier alpha value is -3.06. The molecule has 0 bridgehead atoms. The zero-order chi connectivity index (χ0) is 22.5. The minimum absolute atomic E-state index is 0.165. The van der Waals surface area contributed by atoms with Crippen LogP contribution in [0.2, 0.25) is 0 Å². The Balaban J connectivity index is 2.02. The SMILES string of the molecule is COC1=CC2NC(C(F)(F)F)=C(c3cc(CC(F)(F)C(F)(F)F)no3)C(=O)N2C=C1. The molecule has 14 heteroatoms. The van der Waals surface area contributed by atoms with Gasteiger partial charge in [0.1, 0.15) is 23.2 Å². The van der Waals surface area contributed by atoms with Crippen LogP contribution in [0.5, 0.6) is 0 Å². The Morgan fingerprint density at radius 3 is 2.43 bits per heavy atom. The highest BCUT2D eigenvalue weighted by molar-refractivity contribution is 6.21. The minimum atomic E-state index is -5.90. The monoisotopic (exact) mass is 445 g/mol. The molecule has 0 aliphatic carbocycles. The quantitative estimate of drug-likeness (QED) is 0.719. The van der Waals surface area contributed by atoms with E-state index in [4.69, 9.17) is 4.74 Å². The summed E-state index contributed by atoms with van der Waals surface area (Å²) in [5, 5.41) is 5.02. The Morgan fingerprint density at radius 1 is 1.20 bits per heavy atom. The van der Waals surface area contributed by atoms with Gasteiger partial charge in [-0.3, -0.25) is 9.69 Å². The van der Waals surface area contributed by atoms with E-state index < -0.39 is 59.5 Å². The molecule has 6 nitrogen and oxygen atoms in total. The summed E-state index contributed by atoms with van der Waals surface area (Å²) in [4.78, 5) is 13.5. The molecule has 2 aliphatic heterocycles. The predicted octanol–water partition coefficient (Wildman–Crippen LogP) is 3.50. The molecule has 2 aliphatic rings. The molecule has 1 atom stereocenters. The van der Waals surface area contributed by atoms with Crippen LogP contribution in [0, 0.1) is 0 Å². The molecule has 1 aromatic heterocycles. The number of methoxy groups -OCH3 is 1. The van der Waals surface area contributed by atoms with Crippen LogP contribution in [-0.4, -0.2) is 47.5 Å². The molecule has 1 amide bonds. The highest BCUT2D eigenvalue weighted by Gasteiger charge is 2.57. The van der Waals surface area contributed by atoms with E-state index >= 15 is 0 Å². The van der Waals surface area contributed by atoms with Crippen molar-refractivity contribution >= 4 is 11.5 Å². The normalized spacial score (nSPS) is 20.2. The lowest BCUT2D eigenvalue weighted by molar-refractivity contribution is -0.281. The molecule has 1 N–H and O–H groups in total. The van der Waals surface area contributed by atoms with Gasteiger partial charge >= 0.3 is 18.3 Å². The summed E-state index contributed by atoms with van der Waals surface area (Å²) in [7, 11) is 1.26. The average Bonchev–Trinajstić information content (AvgIpc) is 3.06. The predicted molar refractivity (Wildman–Crippen MR) is 82.2 cm³/mol. The van der Waals surface area contributed by atoms with Crippen molar-refractivity contribution in [2.24, 2.45) is 0 Å². The summed E-state index contributed by atoms with van der Waals surface area (Å²) in [6, 6.07) is 0.435. The van der Waals surface area contributed by atoms with Gasteiger partial charge in [-0.05, 0) is 6.08 Å². The van der Waals surface area contributed by atoms with Crippen LogP contribution < -0.4 is 5.32 Å². The topological polar surface area (TPSA) is 67.6 Å². The van der Waals surface area contributed by atoms with Crippen LogP contribution in [0.15, 0.2) is 40.4 Å². The van der Waals surface area contributed by atoms with Crippen LogP contribution in [-0.2, 0) is 16.0 Å². The van der Waals surface area contributed by atoms with Gasteiger partial charge in [0.15, 0.2) is 5.76 Å². The van der Waals surface area contributed by atoms with Gasteiger partial charge in [-0.2, -0.15) is 35.1 Å². The summed E-state index contributed by atoms with van der Waals surface area (Å²) in [5.41, 5.74) is -3.67. The van der Waals surface area contributed by atoms with Gasteiger partial charge in [0.25, 0.3) is 5.91 Å². The number of alkyl halides is 8. The van der Waals surface area contributed by atoms with Crippen LogP contribution in [0.4, 0.5) is 35.1 Å². The Kier molecular flexibility index (Phi) is 5.07. The van der Waals surface area contributed by atoms with Crippen molar-refractivity contribution in [3.05, 3.63) is 47.3 Å². The maximum atomic E-state index is 13.5. The fraction of sp³-hybridized carbons (Fsp3) is 0.375. The lowest BCUT2D eigenvalue weighted by Crippen LogP contribution is -2.53. The number of allylic oxidation sites excluding steroid dienone is 2. The molecule has 30 heavy (non-hydrogen) atoms. The largest absolute Gasteiger partial charge is 0.497 e. The first kappa shape index (κ1) is 21.6. The number of aromatic nitrogens is 1. The van der Waals surface area contributed by atoms with Crippen molar-refractivity contribution in [2.45, 2.75) is 30.9 Å². The molecular weight excluding hydrogens is 434 g/mol. The van der Waals surface area contributed by atoms with Crippen LogP contribution >= 0.6 is 0 Å². The number of nitrogens with one attached hydrogen (secondary N) is 1. The third-order valence-electron chi connectivity index (χ3n) is 4.15. The molecule has 0 fully saturated rings. The number of carbonyl (C=O) groups is 1. The lowest BCUT2D eigenvalue weighted by Gasteiger charge is -2.37. The van der Waals surface area contributed by atoms with Gasteiger partial charge in [0, 0.05) is 18.3 Å². The third-order valence-corrected chi connectivity index (χ3v) is 4.15. The molecule has 0 saturated carbocycles. The molecule has 0 saturated heterocycles. The highest BCUT2D eigenvalue weighted by atomic mass is 19.4. The second-order valence-electron chi connectivity index (χ2n) is 6.20. The van der Waals surface area contributed by atoms with E-state index in [1.807, 2.05) is 0 Å². The lowest BCUT2D eigenvalue weighted by atomic mass is 10.0. The van der Waals surface area contributed by atoms with E-state index in [2.05, 4.69) is 15.0 Å². The summed E-state index contributed by atoms with van der Waals surface area (Å²) in [6.45, 7) is 0. The van der Waals surface area contributed by atoms with Crippen molar-refractivity contribution in [1.82, 2.24) is 15.4 Å². The first-order chi connectivity index (χ1) is 13.7. The fourth-order valence-corrected chi connectivity index (χ4v) is 2.73. The van der Waals surface area contributed by atoms with Gasteiger partial charge in [0.2, 0.25) is 0 Å². The minimum Gasteiger partial charge on any atom is -0.497 e. The van der Waals surface area contributed by atoms with Crippen LogP contribution in [0.1, 0.15) is 11.5 Å². The number of halogens is 8. The number of ether oxygens (including phenoxy) is 1. The highest BCUT2D eigenvalue weighted by Crippen LogP contribution is 2.40. The van der Waals surface area contributed by atoms with Gasteiger partial charge in [-0.15, -0.1) is 0 Å². The Labute approximate surface area is 162 Å². The van der Waals surface area contributed by atoms with E-state index in [0.29, 0.717) is 6.07 Å². The third kappa shape index (κ3) is 3.85. The standard InChI is InChI=1S/C16H11F8N3O3/c1-29-8-2-3-27-10(5-8)25-12(15(19,20)21)11(13(27)28)9-4-7(26-30-9)6-14(17,18)16(22,23)24/h2-5,10,25H,6H2,1H3. The summed E-state index contributed by atoms with van der Waals surface area (Å²) in [5.74, 6) is -7.18. The average molecular weight is 445 g/mol. The molecular formula is C16H11F8N3O3. The van der Waals surface area contributed by atoms with E-state index in [0.717, 1.165) is 11.1 Å². The van der Waals surface area contributed by atoms with Crippen LogP contribution in [0.3, 0.4) is 0 Å². The van der Waals surface area contributed by atoms with Gasteiger partial charge in [-0.1, -0.05) is 5.16 Å². The number of fused-ring (bicyclic) bond motifs is 1. The molecule has 3 rings (SSSR count). The maximum Gasteiger partial charge on any atom is 0.453 e. The number of hydrogen-bond acceptors (Lipinski definition) is 5. The van der Waals surface area contributed by atoms with Crippen molar-refractivity contribution in [1.29, 1.82) is 0 Å². The molecule has 1 unspecified atom stereocenters. The van der Waals surface area contributed by atoms with E-state index in [1.54, 1.807) is 0 Å². The molecule has 1 aromatic rings. The molecule has 3 heterocycles. The number of hydrogen-bond donors (Lipinski definition) is 1. The van der Waals surface area contributed by atoms with E-state index in [1.165, 1.54) is 19.3 Å². The smallest absolute Gasteiger partial charge is 0.453 e. The summed E-state index contributed by atoms with van der Waals surface area (Å²) in [6.07, 6.45) is -10.7. The van der Waals surface area contributed by atoms with Crippen molar-refractivity contribution < 1.29 is 49.2 Å². The molecule has 0 aromatic carbocycles. The first-order valence-electron chi connectivity index (χ1n) is 8.00. The van der Waals surface area contributed by atoms with Gasteiger partial charge in [0.05, 0.1) is 19.2 Å². The summed E-state index contributed by atoms with van der Waals surface area (Å²) < 4.78 is 113. The number of rotatable bonds is 4. The number of amides is 1. The van der Waals surface area contributed by atoms with E-state index in [-0.39, 0.29) is 5.76 Å². The molecule has 0 spiro atoms. The van der Waals surface area contributed by atoms with Gasteiger partial charge in [-0.25, -0.2) is 0 Å². The zero-order valence-electron chi connectivity index (χ0n) is 14.7. The molecule has 164 valence electrons. The van der Waals surface area contributed by atoms with Crippen molar-refractivity contribution in [3.8, 4) is 0 Å².